The molecule has 3 heteroatoms. The normalized spacial score (nSPS) is 14.8. The van der Waals surface area contributed by atoms with E-state index >= 15 is 0 Å². The van der Waals surface area contributed by atoms with Crippen LogP contribution in [0.25, 0.3) is 0 Å². The zero-order valence-electron chi connectivity index (χ0n) is 7.51. The van der Waals surface area contributed by atoms with Gasteiger partial charge in [0.15, 0.2) is 0 Å². The van der Waals surface area contributed by atoms with E-state index in [2.05, 4.69) is 4.99 Å². The monoisotopic (exact) mass is 173 g/mol. The Labute approximate surface area is 71.5 Å². The van der Waals surface area contributed by atoms with E-state index in [1.165, 1.54) is 6.92 Å². The van der Waals surface area contributed by atoms with Gasteiger partial charge in [-0.15, -0.1) is 0 Å². The number of nitrogens with zero attached hydrogens (tertiary/aromatic N) is 1. The molecule has 0 bridgehead atoms. The average Bonchev–Trinajstić information content (AvgIpc) is 1.84. The SMILES string of the molecule is C/C(F)=C\C(F)=C/N=CC(C)C. The van der Waals surface area contributed by atoms with Crippen molar-refractivity contribution in [3.63, 3.8) is 0 Å². The van der Waals surface area contributed by atoms with Crippen LogP contribution in [0, 0.1) is 5.92 Å². The molecule has 0 fully saturated rings. The Morgan fingerprint density at radius 3 is 2.33 bits per heavy atom. The molecule has 0 radical (unpaired) electrons. The molecule has 0 atom stereocenters. The molecule has 0 aromatic heterocycles. The molecule has 0 unspecified atom stereocenters. The second-order valence-electron chi connectivity index (χ2n) is 2.79. The standard InChI is InChI=1S/C9H13F2N/c1-7(2)5-12-6-9(11)4-8(3)10/h4-7H,1-3H3/b8-4+,9-6+,12-5?. The van der Waals surface area contributed by atoms with Crippen LogP contribution in [0.5, 0.6) is 0 Å². The van der Waals surface area contributed by atoms with E-state index in [1.807, 2.05) is 13.8 Å². The van der Waals surface area contributed by atoms with Gasteiger partial charge in [-0.2, -0.15) is 0 Å². The first-order valence-electron chi connectivity index (χ1n) is 3.75. The molecule has 0 spiro atoms. The Bertz CT molecular complexity index is 211. The molecular formula is C9H13F2N. The summed E-state index contributed by atoms with van der Waals surface area (Å²) >= 11 is 0. The molecule has 68 valence electrons. The first-order chi connectivity index (χ1) is 5.52. The van der Waals surface area contributed by atoms with E-state index in [1.54, 1.807) is 6.21 Å². The maximum atomic E-state index is 12.5. The summed E-state index contributed by atoms with van der Waals surface area (Å²) in [7, 11) is 0. The van der Waals surface area contributed by atoms with Crippen molar-refractivity contribution in [2.75, 3.05) is 0 Å². The third kappa shape index (κ3) is 7.12. The minimum atomic E-state index is -0.674. The van der Waals surface area contributed by atoms with Gasteiger partial charge < -0.3 is 0 Å². The second kappa shape index (κ2) is 5.63. The fourth-order valence-corrected chi connectivity index (χ4v) is 0.514. The molecule has 0 amide bonds. The van der Waals surface area contributed by atoms with Crippen LogP contribution < -0.4 is 0 Å². The molecule has 0 aromatic carbocycles. The zero-order valence-corrected chi connectivity index (χ0v) is 7.51. The van der Waals surface area contributed by atoms with Gasteiger partial charge in [0.2, 0.25) is 0 Å². The topological polar surface area (TPSA) is 12.4 Å². The molecule has 0 saturated heterocycles. The van der Waals surface area contributed by atoms with Crippen LogP contribution in [0.4, 0.5) is 8.78 Å². The number of hydrogen-bond acceptors (Lipinski definition) is 1. The lowest BCUT2D eigenvalue weighted by Gasteiger charge is -1.89. The smallest absolute Gasteiger partial charge is 0.143 e. The van der Waals surface area contributed by atoms with Crippen LogP contribution in [-0.4, -0.2) is 6.21 Å². The van der Waals surface area contributed by atoms with Gasteiger partial charge in [-0.05, 0) is 12.8 Å². The molecule has 0 saturated carbocycles. The second-order valence-corrected chi connectivity index (χ2v) is 2.79. The maximum absolute atomic E-state index is 12.5. The predicted octanol–water partition coefficient (Wildman–Crippen LogP) is 3.40. The molecule has 0 aliphatic carbocycles. The van der Waals surface area contributed by atoms with E-state index in [0.29, 0.717) is 0 Å². The van der Waals surface area contributed by atoms with E-state index in [9.17, 15) is 8.78 Å². The quantitative estimate of drug-likeness (QED) is 0.458. The van der Waals surface area contributed by atoms with Gasteiger partial charge in [-0.3, -0.25) is 4.99 Å². The van der Waals surface area contributed by atoms with Crippen molar-refractivity contribution in [1.29, 1.82) is 0 Å². The van der Waals surface area contributed by atoms with Gasteiger partial charge in [0.05, 0.1) is 12.0 Å². The highest BCUT2D eigenvalue weighted by molar-refractivity contribution is 5.60. The van der Waals surface area contributed by atoms with E-state index in [0.717, 1.165) is 12.3 Å². The largest absolute Gasteiger partial charge is 0.266 e. The van der Waals surface area contributed by atoms with Crippen molar-refractivity contribution in [2.45, 2.75) is 20.8 Å². The van der Waals surface area contributed by atoms with Gasteiger partial charge in [-0.25, -0.2) is 8.78 Å². The molecule has 0 heterocycles. The summed E-state index contributed by atoms with van der Waals surface area (Å²) in [6.07, 6.45) is 3.36. The Morgan fingerprint density at radius 1 is 1.33 bits per heavy atom. The highest BCUT2D eigenvalue weighted by atomic mass is 19.1. The van der Waals surface area contributed by atoms with Crippen molar-refractivity contribution in [3.05, 3.63) is 23.9 Å². The summed E-state index contributed by atoms with van der Waals surface area (Å²) in [4.78, 5) is 3.65. The molecule has 0 N–H and O–H groups in total. The van der Waals surface area contributed by atoms with Crippen LogP contribution in [0.2, 0.25) is 0 Å². The highest BCUT2D eigenvalue weighted by Gasteiger charge is 1.89. The number of aliphatic imine (C=N–C) groups is 1. The molecule has 0 aliphatic heterocycles. The minimum Gasteiger partial charge on any atom is -0.266 e. The maximum Gasteiger partial charge on any atom is 0.143 e. The fourth-order valence-electron chi connectivity index (χ4n) is 0.514. The Kier molecular flexibility index (Phi) is 5.17. The molecule has 1 nitrogen and oxygen atoms in total. The number of allylic oxidation sites excluding steroid dienone is 3. The lowest BCUT2D eigenvalue weighted by atomic mass is 10.2. The van der Waals surface area contributed by atoms with Gasteiger partial charge in [0.1, 0.15) is 5.83 Å². The third-order valence-electron chi connectivity index (χ3n) is 0.919. The lowest BCUT2D eigenvalue weighted by Crippen LogP contribution is -1.84. The zero-order chi connectivity index (χ0) is 9.56. The summed E-state index contributed by atoms with van der Waals surface area (Å²) in [5.74, 6) is -0.972. The van der Waals surface area contributed by atoms with E-state index < -0.39 is 11.7 Å². The van der Waals surface area contributed by atoms with Crippen LogP contribution >= 0.6 is 0 Å². The molecule has 0 aliphatic rings. The molecule has 12 heavy (non-hydrogen) atoms. The van der Waals surface area contributed by atoms with Crippen molar-refractivity contribution in [1.82, 2.24) is 0 Å². The lowest BCUT2D eigenvalue weighted by molar-refractivity contribution is 0.613. The predicted molar refractivity (Wildman–Crippen MR) is 47.4 cm³/mol. The summed E-state index contributed by atoms with van der Waals surface area (Å²) in [5.41, 5.74) is 0. The van der Waals surface area contributed by atoms with Crippen LogP contribution in [0.3, 0.4) is 0 Å². The fraction of sp³-hybridized carbons (Fsp3) is 0.444. The summed E-state index contributed by atoms with van der Waals surface area (Å²) in [6, 6.07) is 0. The van der Waals surface area contributed by atoms with Crippen molar-refractivity contribution in [2.24, 2.45) is 10.9 Å². The first-order valence-corrected chi connectivity index (χ1v) is 3.75. The Hall–Kier alpha value is -0.990. The number of rotatable bonds is 3. The third-order valence-corrected chi connectivity index (χ3v) is 0.919. The van der Waals surface area contributed by atoms with Crippen molar-refractivity contribution in [3.8, 4) is 0 Å². The van der Waals surface area contributed by atoms with Crippen molar-refractivity contribution >= 4 is 6.21 Å². The number of hydrogen-bond donors (Lipinski definition) is 0. The summed E-state index contributed by atoms with van der Waals surface area (Å²) in [6.45, 7) is 5.02. The van der Waals surface area contributed by atoms with Gasteiger partial charge in [0.25, 0.3) is 0 Å². The minimum absolute atomic E-state index is 0.268. The summed E-state index contributed by atoms with van der Waals surface area (Å²) in [5, 5.41) is 0. The molecule has 0 rings (SSSR count). The molecular weight excluding hydrogens is 160 g/mol. The molecule has 0 aromatic rings. The average molecular weight is 173 g/mol. The summed E-state index contributed by atoms with van der Waals surface area (Å²) < 4.78 is 24.6. The van der Waals surface area contributed by atoms with Crippen LogP contribution in [-0.2, 0) is 0 Å². The van der Waals surface area contributed by atoms with Gasteiger partial charge >= 0.3 is 0 Å². The van der Waals surface area contributed by atoms with Crippen LogP contribution in [0.1, 0.15) is 20.8 Å². The van der Waals surface area contributed by atoms with Crippen molar-refractivity contribution < 1.29 is 8.78 Å². The number of halogens is 2. The van der Waals surface area contributed by atoms with Gasteiger partial charge in [0, 0.05) is 12.3 Å². The first kappa shape index (κ1) is 11.0. The van der Waals surface area contributed by atoms with Gasteiger partial charge in [-0.1, -0.05) is 13.8 Å². The van der Waals surface area contributed by atoms with E-state index in [-0.39, 0.29) is 5.92 Å². The van der Waals surface area contributed by atoms with E-state index in [4.69, 9.17) is 0 Å². The highest BCUT2D eigenvalue weighted by Crippen LogP contribution is 2.04. The Morgan fingerprint density at radius 2 is 1.92 bits per heavy atom. The van der Waals surface area contributed by atoms with Crippen LogP contribution in [0.15, 0.2) is 28.9 Å². The Balaban J connectivity index is 4.10.